The Morgan fingerprint density at radius 1 is 1.38 bits per heavy atom. The first kappa shape index (κ1) is 11.5. The molecule has 3 heteroatoms. The molecule has 3 unspecified atom stereocenters. The zero-order valence-electron chi connectivity index (χ0n) is 8.84. The molecule has 1 fully saturated rings. The lowest BCUT2D eigenvalue weighted by Crippen LogP contribution is -2.53. The molecule has 13 heavy (non-hydrogen) atoms. The van der Waals surface area contributed by atoms with E-state index in [1.807, 2.05) is 6.92 Å². The lowest BCUT2D eigenvalue weighted by Gasteiger charge is -2.43. The fourth-order valence-electron chi connectivity index (χ4n) is 1.50. The van der Waals surface area contributed by atoms with Crippen LogP contribution in [-0.2, 0) is 9.47 Å². The number of hydrogen-bond donors (Lipinski definition) is 0. The van der Waals surface area contributed by atoms with Crippen LogP contribution in [-0.4, -0.2) is 29.2 Å². The number of alkyl halides is 1. The lowest BCUT2D eigenvalue weighted by atomic mass is 9.90. The van der Waals surface area contributed by atoms with Crippen LogP contribution >= 0.6 is 15.9 Å². The maximum Gasteiger partial charge on any atom is 0.0962 e. The summed E-state index contributed by atoms with van der Waals surface area (Å²) in [5.74, 6) is 0. The predicted octanol–water partition coefficient (Wildman–Crippen LogP) is 2.74. The Bertz CT molecular complexity index is 165. The van der Waals surface area contributed by atoms with Crippen molar-refractivity contribution in [2.24, 2.45) is 0 Å². The minimum atomic E-state index is -0.0623. The van der Waals surface area contributed by atoms with Gasteiger partial charge in [0.2, 0.25) is 0 Å². The predicted molar refractivity (Wildman–Crippen MR) is 57.4 cm³/mol. The largest absolute Gasteiger partial charge is 0.375 e. The highest BCUT2D eigenvalue weighted by atomic mass is 79.9. The highest BCUT2D eigenvalue weighted by molar-refractivity contribution is 9.09. The standard InChI is InChI=1S/C10H19BrO2/c1-5-12-9-7(11)6-8(9)13-10(2,3)4/h7-9H,5-6H2,1-4H3. The second-order valence-corrected chi connectivity index (χ2v) is 5.62. The minimum absolute atomic E-state index is 0.0623. The summed E-state index contributed by atoms with van der Waals surface area (Å²) in [5.41, 5.74) is -0.0623. The summed E-state index contributed by atoms with van der Waals surface area (Å²) in [4.78, 5) is 0.472. The maximum atomic E-state index is 5.85. The lowest BCUT2D eigenvalue weighted by molar-refractivity contribution is -0.166. The smallest absolute Gasteiger partial charge is 0.0962 e. The number of ether oxygens (including phenoxy) is 2. The maximum absolute atomic E-state index is 5.85. The van der Waals surface area contributed by atoms with Gasteiger partial charge in [0.25, 0.3) is 0 Å². The summed E-state index contributed by atoms with van der Waals surface area (Å²) in [6.07, 6.45) is 1.57. The van der Waals surface area contributed by atoms with Gasteiger partial charge in [0.15, 0.2) is 0 Å². The van der Waals surface area contributed by atoms with E-state index in [2.05, 4.69) is 36.7 Å². The zero-order chi connectivity index (χ0) is 10.1. The molecule has 0 amide bonds. The van der Waals surface area contributed by atoms with Crippen molar-refractivity contribution >= 4 is 15.9 Å². The number of rotatable bonds is 3. The van der Waals surface area contributed by atoms with Gasteiger partial charge in [-0.3, -0.25) is 0 Å². The van der Waals surface area contributed by atoms with Gasteiger partial charge >= 0.3 is 0 Å². The quantitative estimate of drug-likeness (QED) is 0.718. The first-order valence-electron chi connectivity index (χ1n) is 4.87. The zero-order valence-corrected chi connectivity index (χ0v) is 10.4. The first-order valence-corrected chi connectivity index (χ1v) is 5.79. The van der Waals surface area contributed by atoms with E-state index in [0.29, 0.717) is 4.83 Å². The fourth-order valence-corrected chi connectivity index (χ4v) is 2.36. The van der Waals surface area contributed by atoms with Crippen LogP contribution in [0.1, 0.15) is 34.1 Å². The molecule has 0 aromatic rings. The minimum Gasteiger partial charge on any atom is -0.375 e. The van der Waals surface area contributed by atoms with Crippen LogP contribution in [0.2, 0.25) is 0 Å². The monoisotopic (exact) mass is 250 g/mol. The van der Waals surface area contributed by atoms with Gasteiger partial charge in [0.1, 0.15) is 0 Å². The summed E-state index contributed by atoms with van der Waals surface area (Å²) in [5, 5.41) is 0. The fraction of sp³-hybridized carbons (Fsp3) is 1.00. The molecule has 78 valence electrons. The Labute approximate surface area is 89.1 Å². The molecule has 0 aromatic carbocycles. The Morgan fingerprint density at radius 2 is 2.00 bits per heavy atom. The Morgan fingerprint density at radius 3 is 2.38 bits per heavy atom. The molecule has 1 saturated carbocycles. The van der Waals surface area contributed by atoms with Crippen LogP contribution in [0.5, 0.6) is 0 Å². The molecule has 0 spiro atoms. The van der Waals surface area contributed by atoms with Crippen LogP contribution in [0, 0.1) is 0 Å². The Balaban J connectivity index is 2.36. The van der Waals surface area contributed by atoms with Crippen molar-refractivity contribution in [3.8, 4) is 0 Å². The van der Waals surface area contributed by atoms with Gasteiger partial charge in [-0.2, -0.15) is 0 Å². The van der Waals surface area contributed by atoms with Gasteiger partial charge < -0.3 is 9.47 Å². The third-order valence-corrected chi connectivity index (χ3v) is 2.94. The van der Waals surface area contributed by atoms with Crippen molar-refractivity contribution in [3.05, 3.63) is 0 Å². The van der Waals surface area contributed by atoms with Crippen molar-refractivity contribution in [1.29, 1.82) is 0 Å². The van der Waals surface area contributed by atoms with Crippen LogP contribution in [0.25, 0.3) is 0 Å². The average Bonchev–Trinajstić information content (AvgIpc) is 1.97. The molecule has 0 radical (unpaired) electrons. The molecule has 0 heterocycles. The molecular formula is C10H19BrO2. The van der Waals surface area contributed by atoms with E-state index < -0.39 is 0 Å². The van der Waals surface area contributed by atoms with Crippen LogP contribution in [0.3, 0.4) is 0 Å². The van der Waals surface area contributed by atoms with Gasteiger partial charge in [-0.1, -0.05) is 15.9 Å². The van der Waals surface area contributed by atoms with E-state index in [0.717, 1.165) is 13.0 Å². The van der Waals surface area contributed by atoms with Gasteiger partial charge in [-0.25, -0.2) is 0 Å². The Kier molecular flexibility index (Phi) is 3.78. The molecule has 0 N–H and O–H groups in total. The molecule has 0 aromatic heterocycles. The van der Waals surface area contributed by atoms with E-state index >= 15 is 0 Å². The molecule has 0 aliphatic heterocycles. The van der Waals surface area contributed by atoms with Crippen molar-refractivity contribution in [2.75, 3.05) is 6.61 Å². The highest BCUT2D eigenvalue weighted by Crippen LogP contribution is 2.35. The highest BCUT2D eigenvalue weighted by Gasteiger charge is 2.42. The summed E-state index contributed by atoms with van der Waals surface area (Å²) < 4.78 is 11.4. The van der Waals surface area contributed by atoms with E-state index in [-0.39, 0.29) is 17.8 Å². The molecule has 2 nitrogen and oxygen atoms in total. The summed E-state index contributed by atoms with van der Waals surface area (Å²) in [7, 11) is 0. The van der Waals surface area contributed by atoms with Gasteiger partial charge in [0, 0.05) is 11.4 Å². The SMILES string of the molecule is CCOC1C(Br)CC1OC(C)(C)C. The third-order valence-electron chi connectivity index (χ3n) is 2.04. The van der Waals surface area contributed by atoms with Crippen molar-refractivity contribution < 1.29 is 9.47 Å². The van der Waals surface area contributed by atoms with Gasteiger partial charge in [-0.05, 0) is 34.1 Å². The van der Waals surface area contributed by atoms with Crippen molar-refractivity contribution in [2.45, 2.75) is 56.8 Å². The molecule has 1 aliphatic carbocycles. The van der Waals surface area contributed by atoms with E-state index in [1.54, 1.807) is 0 Å². The van der Waals surface area contributed by atoms with Crippen LogP contribution in [0.4, 0.5) is 0 Å². The van der Waals surface area contributed by atoms with Gasteiger partial charge in [0.05, 0.1) is 17.8 Å². The molecule has 1 rings (SSSR count). The van der Waals surface area contributed by atoms with Crippen LogP contribution in [0.15, 0.2) is 0 Å². The van der Waals surface area contributed by atoms with E-state index in [9.17, 15) is 0 Å². The molecule has 3 atom stereocenters. The summed E-state index contributed by atoms with van der Waals surface area (Å²) in [6.45, 7) is 9.02. The normalized spacial score (nSPS) is 34.4. The average molecular weight is 251 g/mol. The topological polar surface area (TPSA) is 18.5 Å². The molecule has 0 bridgehead atoms. The number of halogens is 1. The van der Waals surface area contributed by atoms with E-state index in [4.69, 9.17) is 9.47 Å². The van der Waals surface area contributed by atoms with Crippen molar-refractivity contribution in [3.63, 3.8) is 0 Å². The first-order chi connectivity index (χ1) is 5.94. The van der Waals surface area contributed by atoms with E-state index in [1.165, 1.54) is 0 Å². The molecule has 1 aliphatic rings. The Hall–Kier alpha value is 0.400. The summed E-state index contributed by atoms with van der Waals surface area (Å²) >= 11 is 3.57. The summed E-state index contributed by atoms with van der Waals surface area (Å²) in [6, 6.07) is 0. The van der Waals surface area contributed by atoms with Crippen LogP contribution < -0.4 is 0 Å². The molecule has 0 saturated heterocycles. The number of hydrogen-bond acceptors (Lipinski definition) is 2. The molecular weight excluding hydrogens is 232 g/mol. The third kappa shape index (κ3) is 3.22. The van der Waals surface area contributed by atoms with Gasteiger partial charge in [-0.15, -0.1) is 0 Å². The second-order valence-electron chi connectivity index (χ2n) is 4.44. The van der Waals surface area contributed by atoms with Crippen molar-refractivity contribution in [1.82, 2.24) is 0 Å². The second kappa shape index (κ2) is 4.28.